The predicted molar refractivity (Wildman–Crippen MR) is 115 cm³/mol. The number of halogens is 3. The Balaban J connectivity index is 1.62. The molecule has 0 amide bonds. The van der Waals surface area contributed by atoms with E-state index in [1.54, 1.807) is 25.1 Å². The number of aromatic nitrogens is 1. The summed E-state index contributed by atoms with van der Waals surface area (Å²) < 4.78 is 46.5. The van der Waals surface area contributed by atoms with Crippen LogP contribution >= 0.6 is 0 Å². The molecule has 1 aliphatic carbocycles. The van der Waals surface area contributed by atoms with Crippen molar-refractivity contribution in [2.24, 2.45) is 4.99 Å². The number of pyridine rings is 1. The van der Waals surface area contributed by atoms with Gasteiger partial charge in [-0.15, -0.1) is 0 Å². The van der Waals surface area contributed by atoms with Crippen molar-refractivity contribution in [1.82, 2.24) is 10.3 Å². The van der Waals surface area contributed by atoms with Crippen molar-refractivity contribution in [1.29, 1.82) is 0 Å². The Morgan fingerprint density at radius 2 is 2.03 bits per heavy atom. The Morgan fingerprint density at radius 1 is 1.29 bits per heavy atom. The molecule has 1 aromatic heterocycles. The van der Waals surface area contributed by atoms with Gasteiger partial charge in [-0.05, 0) is 63.3 Å². The molecule has 0 bridgehead atoms. The lowest BCUT2D eigenvalue weighted by Crippen LogP contribution is -2.28. The van der Waals surface area contributed by atoms with E-state index in [0.29, 0.717) is 22.7 Å². The number of aryl methyl sites for hydroxylation is 1. The van der Waals surface area contributed by atoms with Crippen LogP contribution in [0.1, 0.15) is 49.1 Å². The first-order valence-electron chi connectivity index (χ1n) is 9.99. The molecule has 2 aromatic rings. The summed E-state index contributed by atoms with van der Waals surface area (Å²) in [5.41, 5.74) is 1.43. The summed E-state index contributed by atoms with van der Waals surface area (Å²) in [6, 6.07) is 8.09. The minimum atomic E-state index is -2.97. The van der Waals surface area contributed by atoms with Crippen molar-refractivity contribution >= 4 is 6.72 Å². The van der Waals surface area contributed by atoms with Gasteiger partial charge in [-0.3, -0.25) is 4.98 Å². The van der Waals surface area contributed by atoms with Gasteiger partial charge in [-0.1, -0.05) is 18.2 Å². The Kier molecular flexibility index (Phi) is 6.53. The Labute approximate surface area is 180 Å². The van der Waals surface area contributed by atoms with Crippen molar-refractivity contribution in [2.45, 2.75) is 51.7 Å². The Bertz CT molecular complexity index is 1000. The van der Waals surface area contributed by atoms with Gasteiger partial charge < -0.3 is 10.1 Å². The molecule has 3 rings (SSSR count). The maximum atomic E-state index is 14.4. The second-order valence-electron chi connectivity index (χ2n) is 7.91. The highest BCUT2D eigenvalue weighted by molar-refractivity contribution is 5.37. The van der Waals surface area contributed by atoms with Crippen LogP contribution in [0.2, 0.25) is 0 Å². The van der Waals surface area contributed by atoms with Gasteiger partial charge in [0.2, 0.25) is 0 Å². The fraction of sp³-hybridized carbons (Fsp3) is 0.333. The summed E-state index contributed by atoms with van der Waals surface area (Å²) in [5.74, 6) is -2.10. The van der Waals surface area contributed by atoms with Gasteiger partial charge in [0.05, 0.1) is 11.3 Å². The van der Waals surface area contributed by atoms with Crippen LogP contribution < -0.4 is 5.32 Å². The number of hydrogen-bond donors (Lipinski definition) is 1. The van der Waals surface area contributed by atoms with Gasteiger partial charge in [0.15, 0.2) is 0 Å². The van der Waals surface area contributed by atoms with Crippen molar-refractivity contribution in [3.8, 4) is 0 Å². The van der Waals surface area contributed by atoms with Crippen LogP contribution in [0, 0.1) is 12.7 Å². The van der Waals surface area contributed by atoms with Crippen LogP contribution in [0.4, 0.5) is 13.2 Å². The minimum absolute atomic E-state index is 0.196. The molecule has 1 aliphatic rings. The number of aliphatic imine (C=N–C) groups is 1. The van der Waals surface area contributed by atoms with Crippen molar-refractivity contribution in [3.05, 3.63) is 88.5 Å². The van der Waals surface area contributed by atoms with E-state index in [1.165, 1.54) is 18.3 Å². The summed E-state index contributed by atoms with van der Waals surface area (Å²) in [6.45, 7) is 8.22. The Hall–Kier alpha value is -3.09. The fourth-order valence-electron chi connectivity index (χ4n) is 3.19. The van der Waals surface area contributed by atoms with Crippen LogP contribution in [0.3, 0.4) is 0 Å². The van der Waals surface area contributed by atoms with Gasteiger partial charge in [0, 0.05) is 24.2 Å². The highest BCUT2D eigenvalue weighted by Gasteiger charge is 2.46. The molecule has 31 heavy (non-hydrogen) atoms. The quantitative estimate of drug-likeness (QED) is 0.308. The first-order chi connectivity index (χ1) is 14.6. The molecule has 0 spiro atoms. The first kappa shape index (κ1) is 22.6. The van der Waals surface area contributed by atoms with Gasteiger partial charge in [0.25, 0.3) is 5.92 Å². The topological polar surface area (TPSA) is 46.5 Å². The molecule has 4 nitrogen and oxygen atoms in total. The van der Waals surface area contributed by atoms with Crippen LogP contribution in [-0.2, 0) is 22.8 Å². The minimum Gasteiger partial charge on any atom is -0.493 e. The number of nitrogens with zero attached hydrogens (tertiary/aromatic N) is 2. The van der Waals surface area contributed by atoms with E-state index in [1.807, 2.05) is 19.1 Å². The molecule has 0 saturated heterocycles. The molecule has 1 N–H and O–H groups in total. The highest BCUT2D eigenvalue weighted by atomic mass is 19.3. The SMILES string of the molecule is C=N/C(=C\C=C(/C)OCc1ccc(C(C)(F)F)nc1)NC1(c2ccc(C)cc2F)CC1. The molecular formula is C24H26F3N3O. The van der Waals surface area contributed by atoms with Gasteiger partial charge >= 0.3 is 0 Å². The average Bonchev–Trinajstić information content (AvgIpc) is 3.49. The lowest BCUT2D eigenvalue weighted by atomic mass is 10.0. The second-order valence-corrected chi connectivity index (χ2v) is 7.91. The normalized spacial score (nSPS) is 16.1. The van der Waals surface area contributed by atoms with E-state index in [4.69, 9.17) is 4.74 Å². The zero-order valence-corrected chi connectivity index (χ0v) is 17.9. The third-order valence-corrected chi connectivity index (χ3v) is 5.14. The molecule has 0 radical (unpaired) electrons. The van der Waals surface area contributed by atoms with Crippen molar-refractivity contribution in [3.63, 3.8) is 0 Å². The molecule has 1 fully saturated rings. The molecule has 1 saturated carbocycles. The number of alkyl halides is 2. The standard InChI is InChI=1S/C24H26F3N3O/c1-16-5-8-19(20(25)13-16)24(11-12-24)30-22(28-4)10-6-17(2)31-15-18-7-9-21(29-14-18)23(3,26)27/h5-10,13-14,30H,4,11-12,15H2,1-3H3/b17-6+,22-10+. The first-order valence-corrected chi connectivity index (χ1v) is 9.99. The van der Waals surface area contributed by atoms with Crippen LogP contribution in [0.15, 0.2) is 65.3 Å². The molecule has 1 heterocycles. The number of benzene rings is 1. The molecule has 0 aliphatic heterocycles. The zero-order chi connectivity index (χ0) is 22.6. The van der Waals surface area contributed by atoms with E-state index < -0.39 is 11.5 Å². The van der Waals surface area contributed by atoms with Gasteiger partial charge in [0.1, 0.15) is 23.9 Å². The fourth-order valence-corrected chi connectivity index (χ4v) is 3.19. The van der Waals surface area contributed by atoms with E-state index in [-0.39, 0.29) is 18.1 Å². The van der Waals surface area contributed by atoms with Crippen LogP contribution in [0.25, 0.3) is 0 Å². The van der Waals surface area contributed by atoms with E-state index in [2.05, 4.69) is 22.0 Å². The van der Waals surface area contributed by atoms with E-state index >= 15 is 0 Å². The number of allylic oxidation sites excluding steroid dienone is 3. The molecule has 7 heteroatoms. The van der Waals surface area contributed by atoms with Crippen LogP contribution in [-0.4, -0.2) is 11.7 Å². The third kappa shape index (κ3) is 5.75. The zero-order valence-electron chi connectivity index (χ0n) is 17.9. The van der Waals surface area contributed by atoms with Crippen molar-refractivity contribution < 1.29 is 17.9 Å². The predicted octanol–water partition coefficient (Wildman–Crippen LogP) is 5.88. The largest absolute Gasteiger partial charge is 0.493 e. The lowest BCUT2D eigenvalue weighted by molar-refractivity contribution is 0.0127. The monoisotopic (exact) mass is 429 g/mol. The number of nitrogens with one attached hydrogen (secondary N) is 1. The smallest absolute Gasteiger partial charge is 0.286 e. The lowest BCUT2D eigenvalue weighted by Gasteiger charge is -2.20. The molecule has 0 unspecified atom stereocenters. The molecular weight excluding hydrogens is 403 g/mol. The third-order valence-electron chi connectivity index (χ3n) is 5.14. The van der Waals surface area contributed by atoms with Crippen molar-refractivity contribution in [2.75, 3.05) is 0 Å². The van der Waals surface area contributed by atoms with Gasteiger partial charge in [-0.25, -0.2) is 9.38 Å². The van der Waals surface area contributed by atoms with Gasteiger partial charge in [-0.2, -0.15) is 8.78 Å². The maximum absolute atomic E-state index is 14.4. The summed E-state index contributed by atoms with van der Waals surface area (Å²) in [6.07, 6.45) is 6.42. The summed E-state index contributed by atoms with van der Waals surface area (Å²) in [4.78, 5) is 7.78. The molecule has 1 aromatic carbocycles. The highest BCUT2D eigenvalue weighted by Crippen LogP contribution is 2.47. The van der Waals surface area contributed by atoms with E-state index in [9.17, 15) is 13.2 Å². The average molecular weight is 429 g/mol. The molecule has 0 atom stereocenters. The van der Waals surface area contributed by atoms with E-state index in [0.717, 1.165) is 25.3 Å². The molecule has 164 valence electrons. The summed E-state index contributed by atoms with van der Waals surface area (Å²) in [5, 5.41) is 3.29. The maximum Gasteiger partial charge on any atom is 0.286 e. The summed E-state index contributed by atoms with van der Waals surface area (Å²) in [7, 11) is 0. The number of ether oxygens (including phenoxy) is 1. The van der Waals surface area contributed by atoms with Crippen LogP contribution in [0.5, 0.6) is 0 Å². The Morgan fingerprint density at radius 3 is 2.58 bits per heavy atom. The number of hydrogen-bond acceptors (Lipinski definition) is 4. The summed E-state index contributed by atoms with van der Waals surface area (Å²) >= 11 is 0. The number of rotatable bonds is 9. The second kappa shape index (κ2) is 8.96.